The molecule has 2 aromatic rings. The molecule has 0 saturated heterocycles. The molecule has 0 radical (unpaired) electrons. The van der Waals surface area contributed by atoms with Gasteiger partial charge in [0.15, 0.2) is 0 Å². The number of carbonyl (C=O) groups is 1. The quantitative estimate of drug-likeness (QED) is 0.862. The van der Waals surface area contributed by atoms with E-state index < -0.39 is 0 Å². The van der Waals surface area contributed by atoms with Gasteiger partial charge >= 0.3 is 0 Å². The third kappa shape index (κ3) is 4.26. The molecule has 1 heterocycles. The van der Waals surface area contributed by atoms with E-state index in [4.69, 9.17) is 0 Å². The predicted octanol–water partition coefficient (Wildman–Crippen LogP) is 4.03. The highest BCUT2D eigenvalue weighted by Crippen LogP contribution is 2.22. The van der Waals surface area contributed by atoms with Crippen LogP contribution in [0.4, 0.5) is 0 Å². The standard InChI is InChI=1S/C18H21N3OS/c1-13-7-5-6-10-15(13)20-21-17(22)11-18-19-16(12-23-18)14-8-3-2-4-9-14/h2-4,8-9,12-13H,5-7,10-11H2,1H3,(H,21,22)/b20-15-/t13-/m1/s1. The molecule has 4 nitrogen and oxygen atoms in total. The Labute approximate surface area is 140 Å². The first-order valence-electron chi connectivity index (χ1n) is 8.07. The Morgan fingerprint density at radius 2 is 2.17 bits per heavy atom. The van der Waals surface area contributed by atoms with Gasteiger partial charge in [0.05, 0.1) is 12.1 Å². The lowest BCUT2D eigenvalue weighted by atomic mass is 9.89. The molecule has 1 saturated carbocycles. The molecule has 0 bridgehead atoms. The second kappa shape index (κ2) is 7.51. The number of hydrogen-bond acceptors (Lipinski definition) is 4. The van der Waals surface area contributed by atoms with Crippen LogP contribution in [0.2, 0.25) is 0 Å². The van der Waals surface area contributed by atoms with Gasteiger partial charge in [0.25, 0.3) is 0 Å². The van der Waals surface area contributed by atoms with E-state index in [1.165, 1.54) is 30.6 Å². The number of benzene rings is 1. The topological polar surface area (TPSA) is 54.4 Å². The molecule has 0 unspecified atom stereocenters. The third-order valence-electron chi connectivity index (χ3n) is 4.15. The number of carbonyl (C=O) groups excluding carboxylic acids is 1. The van der Waals surface area contributed by atoms with E-state index >= 15 is 0 Å². The minimum Gasteiger partial charge on any atom is -0.273 e. The van der Waals surface area contributed by atoms with Crippen LogP contribution in [0.1, 0.15) is 37.6 Å². The second-order valence-electron chi connectivity index (χ2n) is 5.95. The van der Waals surface area contributed by atoms with Crippen LogP contribution in [0.5, 0.6) is 0 Å². The summed E-state index contributed by atoms with van der Waals surface area (Å²) >= 11 is 1.51. The van der Waals surface area contributed by atoms with Gasteiger partial charge in [-0.05, 0) is 25.2 Å². The first-order chi connectivity index (χ1) is 11.2. The van der Waals surface area contributed by atoms with Gasteiger partial charge in [-0.2, -0.15) is 5.10 Å². The van der Waals surface area contributed by atoms with Crippen LogP contribution >= 0.6 is 11.3 Å². The molecule has 0 aliphatic heterocycles. The summed E-state index contributed by atoms with van der Waals surface area (Å²) in [5.41, 5.74) is 5.81. The maximum atomic E-state index is 12.1. The molecular formula is C18H21N3OS. The smallest absolute Gasteiger partial charge is 0.246 e. The van der Waals surface area contributed by atoms with Gasteiger partial charge in [0.2, 0.25) is 5.91 Å². The highest BCUT2D eigenvalue weighted by Gasteiger charge is 2.16. The molecule has 5 heteroatoms. The molecule has 1 aliphatic carbocycles. The van der Waals surface area contributed by atoms with Crippen molar-refractivity contribution >= 4 is 23.0 Å². The van der Waals surface area contributed by atoms with E-state index in [2.05, 4.69) is 22.4 Å². The maximum Gasteiger partial charge on any atom is 0.246 e. The summed E-state index contributed by atoms with van der Waals surface area (Å²) in [7, 11) is 0. The number of aromatic nitrogens is 1. The highest BCUT2D eigenvalue weighted by atomic mass is 32.1. The molecule has 1 aromatic heterocycles. The van der Waals surface area contributed by atoms with Gasteiger partial charge in [-0.15, -0.1) is 11.3 Å². The molecule has 1 amide bonds. The molecule has 1 aliphatic rings. The van der Waals surface area contributed by atoms with Crippen LogP contribution in [-0.2, 0) is 11.2 Å². The number of hydrazone groups is 1. The van der Waals surface area contributed by atoms with Crippen LogP contribution in [0.25, 0.3) is 11.3 Å². The Morgan fingerprint density at radius 3 is 2.96 bits per heavy atom. The summed E-state index contributed by atoms with van der Waals surface area (Å²) < 4.78 is 0. The summed E-state index contributed by atoms with van der Waals surface area (Å²) in [4.78, 5) is 16.6. The average Bonchev–Trinajstić information content (AvgIpc) is 3.03. The van der Waals surface area contributed by atoms with Gasteiger partial charge in [0, 0.05) is 16.7 Å². The van der Waals surface area contributed by atoms with E-state index in [9.17, 15) is 4.79 Å². The summed E-state index contributed by atoms with van der Waals surface area (Å²) in [6.45, 7) is 2.18. The fourth-order valence-electron chi connectivity index (χ4n) is 2.78. The number of nitrogens with one attached hydrogen (secondary N) is 1. The Balaban J connectivity index is 1.58. The molecule has 3 rings (SSSR count). The maximum absolute atomic E-state index is 12.1. The minimum atomic E-state index is -0.0933. The van der Waals surface area contributed by atoms with Crippen molar-refractivity contribution in [3.8, 4) is 11.3 Å². The lowest BCUT2D eigenvalue weighted by Crippen LogP contribution is -2.25. The van der Waals surface area contributed by atoms with Gasteiger partial charge < -0.3 is 0 Å². The van der Waals surface area contributed by atoms with Crippen LogP contribution in [0, 0.1) is 5.92 Å². The van der Waals surface area contributed by atoms with Crippen LogP contribution in [0.15, 0.2) is 40.8 Å². The van der Waals surface area contributed by atoms with Gasteiger partial charge in [0.1, 0.15) is 5.01 Å². The highest BCUT2D eigenvalue weighted by molar-refractivity contribution is 7.10. The normalized spacial score (nSPS) is 19.7. The van der Waals surface area contributed by atoms with Crippen molar-refractivity contribution in [2.75, 3.05) is 0 Å². The largest absolute Gasteiger partial charge is 0.273 e. The summed E-state index contributed by atoms with van der Waals surface area (Å²) in [6.07, 6.45) is 4.88. The Hall–Kier alpha value is -2.01. The molecule has 0 spiro atoms. The lowest BCUT2D eigenvalue weighted by Gasteiger charge is -2.19. The fraction of sp³-hybridized carbons (Fsp3) is 0.389. The van der Waals surface area contributed by atoms with Crippen LogP contribution in [-0.4, -0.2) is 16.6 Å². The second-order valence-corrected chi connectivity index (χ2v) is 6.90. The molecule has 1 atom stereocenters. The van der Waals surface area contributed by atoms with Crippen molar-refractivity contribution in [2.24, 2.45) is 11.0 Å². The number of nitrogens with zero attached hydrogens (tertiary/aromatic N) is 2. The first kappa shape index (κ1) is 15.9. The zero-order valence-electron chi connectivity index (χ0n) is 13.3. The number of thiazole rings is 1. The van der Waals surface area contributed by atoms with Crippen molar-refractivity contribution in [3.05, 3.63) is 40.7 Å². The van der Waals surface area contributed by atoms with Crippen molar-refractivity contribution in [2.45, 2.75) is 39.0 Å². The molecule has 1 fully saturated rings. The molecular weight excluding hydrogens is 306 g/mol. The zero-order chi connectivity index (χ0) is 16.1. The van der Waals surface area contributed by atoms with Gasteiger partial charge in [-0.25, -0.2) is 10.4 Å². The molecule has 1 aromatic carbocycles. The van der Waals surface area contributed by atoms with Crippen molar-refractivity contribution in [3.63, 3.8) is 0 Å². The van der Waals surface area contributed by atoms with E-state index in [0.29, 0.717) is 5.92 Å². The Kier molecular flexibility index (Phi) is 5.18. The minimum absolute atomic E-state index is 0.0933. The van der Waals surface area contributed by atoms with E-state index in [0.717, 1.165) is 28.4 Å². The monoisotopic (exact) mass is 327 g/mol. The molecule has 23 heavy (non-hydrogen) atoms. The van der Waals surface area contributed by atoms with Crippen LogP contribution in [0.3, 0.4) is 0 Å². The van der Waals surface area contributed by atoms with Gasteiger partial charge in [-0.3, -0.25) is 4.79 Å². The van der Waals surface area contributed by atoms with Crippen LogP contribution < -0.4 is 5.43 Å². The lowest BCUT2D eigenvalue weighted by molar-refractivity contribution is -0.120. The number of amides is 1. The molecule has 120 valence electrons. The van der Waals surface area contributed by atoms with Gasteiger partial charge in [-0.1, -0.05) is 43.7 Å². The molecule has 1 N–H and O–H groups in total. The predicted molar refractivity (Wildman–Crippen MR) is 94.5 cm³/mol. The summed E-state index contributed by atoms with van der Waals surface area (Å²) in [6, 6.07) is 10.0. The number of hydrogen-bond donors (Lipinski definition) is 1. The summed E-state index contributed by atoms with van der Waals surface area (Å²) in [5, 5.41) is 7.13. The van der Waals surface area contributed by atoms with Crippen molar-refractivity contribution in [1.29, 1.82) is 0 Å². The SMILES string of the molecule is C[C@@H]1CCCC/C1=N/NC(=O)Cc1nc(-c2ccccc2)cs1. The van der Waals surface area contributed by atoms with E-state index in [-0.39, 0.29) is 12.3 Å². The van der Waals surface area contributed by atoms with E-state index in [1.54, 1.807) is 0 Å². The first-order valence-corrected chi connectivity index (χ1v) is 8.95. The third-order valence-corrected chi connectivity index (χ3v) is 5.00. The Bertz CT molecular complexity index is 693. The van der Waals surface area contributed by atoms with E-state index in [1.807, 2.05) is 35.7 Å². The van der Waals surface area contributed by atoms with Crippen molar-refractivity contribution in [1.82, 2.24) is 10.4 Å². The Morgan fingerprint density at radius 1 is 1.35 bits per heavy atom. The fourth-order valence-corrected chi connectivity index (χ4v) is 3.58. The number of rotatable bonds is 4. The average molecular weight is 327 g/mol. The zero-order valence-corrected chi connectivity index (χ0v) is 14.1. The van der Waals surface area contributed by atoms with Crippen molar-refractivity contribution < 1.29 is 4.79 Å². The summed E-state index contributed by atoms with van der Waals surface area (Å²) in [5.74, 6) is 0.387.